The van der Waals surface area contributed by atoms with Crippen LogP contribution in [0.15, 0.2) is 24.3 Å². The predicted octanol–water partition coefficient (Wildman–Crippen LogP) is 2.16. The summed E-state index contributed by atoms with van der Waals surface area (Å²) in [6.07, 6.45) is 0. The molecule has 3 N–H and O–H groups in total. The Balaban J connectivity index is 0.00000289. The molecule has 102 valence electrons. The lowest BCUT2D eigenvalue weighted by Gasteiger charge is -2.26. The SMILES string of the molecule is Cc1cccc(C(C)(C)CNC(=O)[C@@H](C)N)c1.Cl. The fraction of sp³-hybridized carbons (Fsp3) is 0.500. The molecular formula is C14H23ClN2O. The third-order valence-corrected chi connectivity index (χ3v) is 2.92. The highest BCUT2D eigenvalue weighted by molar-refractivity contribution is 5.85. The van der Waals surface area contributed by atoms with E-state index < -0.39 is 6.04 Å². The normalized spacial score (nSPS) is 12.5. The van der Waals surface area contributed by atoms with Gasteiger partial charge in [0.15, 0.2) is 0 Å². The minimum atomic E-state index is -0.455. The van der Waals surface area contributed by atoms with Gasteiger partial charge in [0.05, 0.1) is 6.04 Å². The molecule has 0 unspecified atom stereocenters. The average Bonchev–Trinajstić information content (AvgIpc) is 2.26. The number of nitrogens with two attached hydrogens (primary N) is 1. The van der Waals surface area contributed by atoms with Crippen LogP contribution in [0.25, 0.3) is 0 Å². The molecule has 0 radical (unpaired) electrons. The number of carbonyl (C=O) groups excluding carboxylic acids is 1. The lowest BCUT2D eigenvalue weighted by Crippen LogP contribution is -2.43. The highest BCUT2D eigenvalue weighted by Crippen LogP contribution is 2.22. The summed E-state index contributed by atoms with van der Waals surface area (Å²) in [6.45, 7) is 8.58. The van der Waals surface area contributed by atoms with E-state index in [1.807, 2.05) is 6.07 Å². The average molecular weight is 271 g/mol. The van der Waals surface area contributed by atoms with E-state index in [9.17, 15) is 4.79 Å². The molecule has 1 rings (SSSR count). The molecule has 0 saturated carbocycles. The number of halogens is 1. The zero-order valence-corrected chi connectivity index (χ0v) is 12.3. The summed E-state index contributed by atoms with van der Waals surface area (Å²) in [4.78, 5) is 11.5. The van der Waals surface area contributed by atoms with Crippen LogP contribution in [-0.4, -0.2) is 18.5 Å². The monoisotopic (exact) mass is 270 g/mol. The highest BCUT2D eigenvalue weighted by atomic mass is 35.5. The minimum absolute atomic E-state index is 0. The Hall–Kier alpha value is -1.06. The second-order valence-electron chi connectivity index (χ2n) is 5.26. The summed E-state index contributed by atoms with van der Waals surface area (Å²) in [5.41, 5.74) is 7.88. The van der Waals surface area contributed by atoms with E-state index in [0.717, 1.165) is 0 Å². The van der Waals surface area contributed by atoms with Crippen molar-refractivity contribution in [3.63, 3.8) is 0 Å². The van der Waals surface area contributed by atoms with Gasteiger partial charge in [0.25, 0.3) is 0 Å². The van der Waals surface area contributed by atoms with Gasteiger partial charge in [-0.15, -0.1) is 12.4 Å². The Morgan fingerprint density at radius 3 is 2.56 bits per heavy atom. The molecule has 1 amide bonds. The van der Waals surface area contributed by atoms with Crippen LogP contribution in [0.5, 0.6) is 0 Å². The molecule has 1 aromatic carbocycles. The highest BCUT2D eigenvalue weighted by Gasteiger charge is 2.22. The fourth-order valence-corrected chi connectivity index (χ4v) is 1.64. The Morgan fingerprint density at radius 2 is 2.06 bits per heavy atom. The Labute approximate surface area is 116 Å². The van der Waals surface area contributed by atoms with E-state index in [1.54, 1.807) is 6.92 Å². The number of carbonyl (C=O) groups is 1. The van der Waals surface area contributed by atoms with Crippen molar-refractivity contribution in [3.05, 3.63) is 35.4 Å². The molecule has 4 heteroatoms. The minimum Gasteiger partial charge on any atom is -0.354 e. The van der Waals surface area contributed by atoms with Crippen LogP contribution in [0, 0.1) is 6.92 Å². The van der Waals surface area contributed by atoms with Gasteiger partial charge in [-0.25, -0.2) is 0 Å². The van der Waals surface area contributed by atoms with Crippen molar-refractivity contribution in [2.24, 2.45) is 5.73 Å². The van der Waals surface area contributed by atoms with Gasteiger partial charge in [0.2, 0.25) is 5.91 Å². The molecule has 0 bridgehead atoms. The van der Waals surface area contributed by atoms with Crippen LogP contribution in [0.1, 0.15) is 31.9 Å². The second kappa shape index (κ2) is 6.76. The van der Waals surface area contributed by atoms with Crippen molar-refractivity contribution >= 4 is 18.3 Å². The van der Waals surface area contributed by atoms with E-state index >= 15 is 0 Å². The van der Waals surface area contributed by atoms with Gasteiger partial charge in [-0.1, -0.05) is 43.7 Å². The van der Waals surface area contributed by atoms with Gasteiger partial charge < -0.3 is 11.1 Å². The molecule has 0 aliphatic rings. The number of rotatable bonds is 4. The van der Waals surface area contributed by atoms with Crippen molar-refractivity contribution in [2.75, 3.05) is 6.54 Å². The largest absolute Gasteiger partial charge is 0.354 e. The maximum Gasteiger partial charge on any atom is 0.236 e. The van der Waals surface area contributed by atoms with Gasteiger partial charge >= 0.3 is 0 Å². The molecule has 0 aliphatic carbocycles. The maximum atomic E-state index is 11.5. The third kappa shape index (κ3) is 4.67. The van der Waals surface area contributed by atoms with Crippen LogP contribution in [0.3, 0.4) is 0 Å². The lowest BCUT2D eigenvalue weighted by atomic mass is 9.84. The third-order valence-electron chi connectivity index (χ3n) is 2.92. The summed E-state index contributed by atoms with van der Waals surface area (Å²) in [6, 6.07) is 7.89. The van der Waals surface area contributed by atoms with Crippen LogP contribution in [0.2, 0.25) is 0 Å². The van der Waals surface area contributed by atoms with Crippen molar-refractivity contribution < 1.29 is 4.79 Å². The van der Waals surface area contributed by atoms with E-state index in [1.165, 1.54) is 11.1 Å². The topological polar surface area (TPSA) is 55.1 Å². The summed E-state index contributed by atoms with van der Waals surface area (Å²) in [7, 11) is 0. The number of aryl methyl sites for hydroxylation is 1. The summed E-state index contributed by atoms with van der Waals surface area (Å²) in [5.74, 6) is -0.106. The number of amides is 1. The molecule has 0 heterocycles. The molecular weight excluding hydrogens is 248 g/mol. The van der Waals surface area contributed by atoms with E-state index in [4.69, 9.17) is 5.73 Å². The molecule has 0 saturated heterocycles. The lowest BCUT2D eigenvalue weighted by molar-refractivity contribution is -0.122. The van der Waals surface area contributed by atoms with Gasteiger partial charge in [-0.05, 0) is 19.4 Å². The van der Waals surface area contributed by atoms with Gasteiger partial charge in [0, 0.05) is 12.0 Å². The predicted molar refractivity (Wildman–Crippen MR) is 78.1 cm³/mol. The summed E-state index contributed by atoms with van der Waals surface area (Å²) >= 11 is 0. The molecule has 0 fully saturated rings. The van der Waals surface area contributed by atoms with Crippen molar-refractivity contribution in [1.82, 2.24) is 5.32 Å². The zero-order valence-electron chi connectivity index (χ0n) is 11.5. The van der Waals surface area contributed by atoms with Gasteiger partial charge in [-0.3, -0.25) is 4.79 Å². The second-order valence-corrected chi connectivity index (χ2v) is 5.26. The van der Waals surface area contributed by atoms with E-state index in [-0.39, 0.29) is 23.7 Å². The standard InChI is InChI=1S/C14H22N2O.ClH/c1-10-6-5-7-12(8-10)14(3,4)9-16-13(17)11(2)15;/h5-8,11H,9,15H2,1-4H3,(H,16,17);1H/t11-;/m1./s1. The molecule has 0 aromatic heterocycles. The van der Waals surface area contributed by atoms with E-state index in [0.29, 0.717) is 6.54 Å². The van der Waals surface area contributed by atoms with Crippen LogP contribution in [0.4, 0.5) is 0 Å². The fourth-order valence-electron chi connectivity index (χ4n) is 1.64. The van der Waals surface area contributed by atoms with Crippen molar-refractivity contribution in [2.45, 2.75) is 39.2 Å². The molecule has 1 aromatic rings. The van der Waals surface area contributed by atoms with Crippen LogP contribution < -0.4 is 11.1 Å². The first kappa shape index (κ1) is 16.9. The molecule has 18 heavy (non-hydrogen) atoms. The first-order valence-corrected chi connectivity index (χ1v) is 5.93. The summed E-state index contributed by atoms with van der Waals surface area (Å²) < 4.78 is 0. The summed E-state index contributed by atoms with van der Waals surface area (Å²) in [5, 5.41) is 2.88. The molecule has 0 aliphatic heterocycles. The van der Waals surface area contributed by atoms with Crippen molar-refractivity contribution in [1.29, 1.82) is 0 Å². The van der Waals surface area contributed by atoms with Crippen LogP contribution in [-0.2, 0) is 10.2 Å². The Morgan fingerprint density at radius 1 is 1.44 bits per heavy atom. The number of hydrogen-bond acceptors (Lipinski definition) is 2. The van der Waals surface area contributed by atoms with Crippen LogP contribution >= 0.6 is 12.4 Å². The maximum absolute atomic E-state index is 11.5. The first-order chi connectivity index (χ1) is 7.83. The first-order valence-electron chi connectivity index (χ1n) is 5.93. The number of benzene rings is 1. The van der Waals surface area contributed by atoms with Gasteiger partial charge in [0.1, 0.15) is 0 Å². The molecule has 0 spiro atoms. The molecule has 1 atom stereocenters. The van der Waals surface area contributed by atoms with Gasteiger partial charge in [-0.2, -0.15) is 0 Å². The quantitative estimate of drug-likeness (QED) is 0.881. The Kier molecular flexibility index (Phi) is 6.36. The molecule has 3 nitrogen and oxygen atoms in total. The number of nitrogens with one attached hydrogen (secondary N) is 1. The van der Waals surface area contributed by atoms with E-state index in [2.05, 4.69) is 44.3 Å². The van der Waals surface area contributed by atoms with Crippen molar-refractivity contribution in [3.8, 4) is 0 Å². The Bertz CT molecular complexity index is 403. The zero-order chi connectivity index (χ0) is 13.1. The smallest absolute Gasteiger partial charge is 0.236 e. The number of hydrogen-bond donors (Lipinski definition) is 2.